The fourth-order valence-corrected chi connectivity index (χ4v) is 0.786. The molecule has 1 heterocycles. The molecule has 0 aromatic carbocycles. The van der Waals surface area contributed by atoms with E-state index in [4.69, 9.17) is 11.6 Å². The van der Waals surface area contributed by atoms with E-state index < -0.39 is 0 Å². The maximum atomic E-state index is 5.65. The van der Waals surface area contributed by atoms with E-state index in [9.17, 15) is 0 Å². The quantitative estimate of drug-likeness (QED) is 0.729. The first kappa shape index (κ1) is 13.4. The third-order valence-electron chi connectivity index (χ3n) is 1.03. The van der Waals surface area contributed by atoms with Crippen LogP contribution >= 0.6 is 36.4 Å². The molecule has 1 aromatic rings. The van der Waals surface area contributed by atoms with Crippen LogP contribution in [0.2, 0.25) is 5.15 Å². The fourth-order valence-electron chi connectivity index (χ4n) is 0.573. The normalized spacial score (nSPS) is 7.45. The molecule has 0 aliphatic heterocycles. The summed E-state index contributed by atoms with van der Waals surface area (Å²) in [5.41, 5.74) is 0.860. The van der Waals surface area contributed by atoms with Gasteiger partial charge in [-0.05, 0) is 12.1 Å². The molecule has 0 fully saturated rings. The minimum atomic E-state index is 0. The summed E-state index contributed by atoms with van der Waals surface area (Å²) in [5, 5.41) is 3.41. The summed E-state index contributed by atoms with van der Waals surface area (Å²) in [6.07, 6.45) is 1.66. The number of aromatic nitrogens is 1. The Kier molecular flexibility index (Phi) is 7.96. The maximum Gasteiger partial charge on any atom is 0.152 e. The molecule has 11 heavy (non-hydrogen) atoms. The summed E-state index contributed by atoms with van der Waals surface area (Å²) in [6, 6.07) is 3.70. The highest BCUT2D eigenvalue weighted by atomic mass is 35.5. The maximum absolute atomic E-state index is 5.65. The van der Waals surface area contributed by atoms with Crippen LogP contribution in [0.3, 0.4) is 0 Å². The second kappa shape index (κ2) is 6.53. The first-order chi connectivity index (χ1) is 4.34. The van der Waals surface area contributed by atoms with Crippen molar-refractivity contribution in [1.82, 2.24) is 4.98 Å². The Labute approximate surface area is 83.2 Å². The van der Waals surface area contributed by atoms with Crippen molar-refractivity contribution >= 4 is 42.1 Å². The van der Waals surface area contributed by atoms with Crippen LogP contribution in [0.15, 0.2) is 18.3 Å². The Morgan fingerprint density at radius 2 is 2.09 bits per heavy atom. The minimum Gasteiger partial charge on any atom is -0.386 e. The highest BCUT2D eigenvalue weighted by Gasteiger charge is 1.92. The van der Waals surface area contributed by atoms with Crippen molar-refractivity contribution in [3.05, 3.63) is 23.5 Å². The molecule has 1 rings (SSSR count). The van der Waals surface area contributed by atoms with Gasteiger partial charge in [0.2, 0.25) is 0 Å². The molecule has 0 saturated heterocycles. The van der Waals surface area contributed by atoms with E-state index in [1.807, 2.05) is 19.2 Å². The van der Waals surface area contributed by atoms with Gasteiger partial charge < -0.3 is 5.32 Å². The Bertz CT molecular complexity index is 205. The van der Waals surface area contributed by atoms with Gasteiger partial charge in [-0.25, -0.2) is 4.98 Å². The van der Waals surface area contributed by atoms with E-state index in [1.165, 1.54) is 0 Å². The SMILES string of the molecule is CNc1cccnc1Cl.Cl.Cl. The Hall–Kier alpha value is -0.180. The van der Waals surface area contributed by atoms with Crippen LogP contribution in [0.4, 0.5) is 5.69 Å². The molecule has 0 saturated carbocycles. The molecule has 0 amide bonds. The molecule has 0 bridgehead atoms. The van der Waals surface area contributed by atoms with E-state index in [0.29, 0.717) is 5.15 Å². The van der Waals surface area contributed by atoms with Gasteiger partial charge in [0.05, 0.1) is 5.69 Å². The summed E-state index contributed by atoms with van der Waals surface area (Å²) in [4.78, 5) is 3.85. The van der Waals surface area contributed by atoms with Crippen molar-refractivity contribution < 1.29 is 0 Å². The van der Waals surface area contributed by atoms with Crippen LogP contribution in [0.25, 0.3) is 0 Å². The van der Waals surface area contributed by atoms with E-state index in [2.05, 4.69) is 10.3 Å². The van der Waals surface area contributed by atoms with Crippen LogP contribution < -0.4 is 5.32 Å². The van der Waals surface area contributed by atoms with Crippen LogP contribution in [0.1, 0.15) is 0 Å². The number of halogens is 3. The standard InChI is InChI=1S/C6H7ClN2.2ClH/c1-8-5-3-2-4-9-6(5)7;;/h2-4,8H,1H3;2*1H. The highest BCUT2D eigenvalue weighted by Crippen LogP contribution is 2.15. The first-order valence-corrected chi connectivity index (χ1v) is 3.00. The van der Waals surface area contributed by atoms with Crippen LogP contribution in [-0.2, 0) is 0 Å². The summed E-state index contributed by atoms with van der Waals surface area (Å²) >= 11 is 5.65. The van der Waals surface area contributed by atoms with E-state index in [0.717, 1.165) is 5.69 Å². The summed E-state index contributed by atoms with van der Waals surface area (Å²) in [6.45, 7) is 0. The Balaban J connectivity index is 0. The second-order valence-corrected chi connectivity index (χ2v) is 1.95. The largest absolute Gasteiger partial charge is 0.386 e. The number of hydrogen-bond acceptors (Lipinski definition) is 2. The lowest BCUT2D eigenvalue weighted by molar-refractivity contribution is 1.31. The van der Waals surface area contributed by atoms with E-state index in [1.54, 1.807) is 6.20 Å². The van der Waals surface area contributed by atoms with Gasteiger partial charge in [0.25, 0.3) is 0 Å². The van der Waals surface area contributed by atoms with Gasteiger partial charge in [-0.1, -0.05) is 11.6 Å². The number of nitrogens with zero attached hydrogens (tertiary/aromatic N) is 1. The topological polar surface area (TPSA) is 24.9 Å². The fraction of sp³-hybridized carbons (Fsp3) is 0.167. The average molecular weight is 216 g/mol. The minimum absolute atomic E-state index is 0. The van der Waals surface area contributed by atoms with Crippen molar-refractivity contribution in [2.24, 2.45) is 0 Å². The van der Waals surface area contributed by atoms with Crippen LogP contribution in [-0.4, -0.2) is 12.0 Å². The number of hydrogen-bond donors (Lipinski definition) is 1. The molecule has 0 aliphatic rings. The van der Waals surface area contributed by atoms with Crippen molar-refractivity contribution in [2.45, 2.75) is 0 Å². The first-order valence-electron chi connectivity index (χ1n) is 2.63. The molecule has 0 spiro atoms. The lowest BCUT2D eigenvalue weighted by atomic mass is 10.4. The third kappa shape index (κ3) is 3.65. The molecule has 0 atom stereocenters. The van der Waals surface area contributed by atoms with Gasteiger partial charge in [0.1, 0.15) is 0 Å². The number of nitrogens with one attached hydrogen (secondary N) is 1. The molecule has 0 aliphatic carbocycles. The average Bonchev–Trinajstić information content (AvgIpc) is 1.89. The number of anilines is 1. The molecule has 2 nitrogen and oxygen atoms in total. The van der Waals surface area contributed by atoms with Crippen molar-refractivity contribution in [2.75, 3.05) is 12.4 Å². The Morgan fingerprint density at radius 3 is 2.45 bits per heavy atom. The molecule has 1 aromatic heterocycles. The monoisotopic (exact) mass is 214 g/mol. The lowest BCUT2D eigenvalue weighted by Crippen LogP contribution is -1.89. The predicted molar refractivity (Wildman–Crippen MR) is 53.3 cm³/mol. The van der Waals surface area contributed by atoms with Gasteiger partial charge in [-0.2, -0.15) is 0 Å². The molecule has 64 valence electrons. The lowest BCUT2D eigenvalue weighted by Gasteiger charge is -1.98. The summed E-state index contributed by atoms with van der Waals surface area (Å²) in [5.74, 6) is 0. The van der Waals surface area contributed by atoms with E-state index >= 15 is 0 Å². The zero-order valence-electron chi connectivity index (χ0n) is 5.87. The smallest absolute Gasteiger partial charge is 0.152 e. The third-order valence-corrected chi connectivity index (χ3v) is 1.33. The van der Waals surface area contributed by atoms with Crippen molar-refractivity contribution in [3.8, 4) is 0 Å². The zero-order chi connectivity index (χ0) is 6.69. The molecule has 5 heteroatoms. The van der Waals surface area contributed by atoms with Crippen LogP contribution in [0, 0.1) is 0 Å². The highest BCUT2D eigenvalue weighted by molar-refractivity contribution is 6.31. The van der Waals surface area contributed by atoms with Crippen molar-refractivity contribution in [3.63, 3.8) is 0 Å². The molecule has 0 unspecified atom stereocenters. The summed E-state index contributed by atoms with van der Waals surface area (Å²) in [7, 11) is 1.81. The van der Waals surface area contributed by atoms with Crippen LogP contribution in [0.5, 0.6) is 0 Å². The van der Waals surface area contributed by atoms with Gasteiger partial charge >= 0.3 is 0 Å². The predicted octanol–water partition coefficient (Wildman–Crippen LogP) is 2.62. The molecule has 0 radical (unpaired) electrons. The molecule has 1 N–H and O–H groups in total. The van der Waals surface area contributed by atoms with Crippen molar-refractivity contribution in [1.29, 1.82) is 0 Å². The van der Waals surface area contributed by atoms with Gasteiger partial charge in [0.15, 0.2) is 5.15 Å². The van der Waals surface area contributed by atoms with Gasteiger partial charge in [0, 0.05) is 13.2 Å². The van der Waals surface area contributed by atoms with Gasteiger partial charge in [-0.15, -0.1) is 24.8 Å². The summed E-state index contributed by atoms with van der Waals surface area (Å²) < 4.78 is 0. The van der Waals surface area contributed by atoms with E-state index in [-0.39, 0.29) is 24.8 Å². The number of pyridine rings is 1. The molecular formula is C6H9Cl3N2. The van der Waals surface area contributed by atoms with Gasteiger partial charge in [-0.3, -0.25) is 0 Å². The zero-order valence-corrected chi connectivity index (χ0v) is 8.26. The number of rotatable bonds is 1. The Morgan fingerprint density at radius 1 is 1.45 bits per heavy atom. The molecular weight excluding hydrogens is 206 g/mol. The second-order valence-electron chi connectivity index (χ2n) is 1.59.